The second kappa shape index (κ2) is 9.25. The molecule has 32 heavy (non-hydrogen) atoms. The number of carbonyl (C=O) groups is 2. The van der Waals surface area contributed by atoms with Gasteiger partial charge >= 0.3 is 0 Å². The van der Waals surface area contributed by atoms with Gasteiger partial charge in [0.15, 0.2) is 0 Å². The first-order valence-electron chi connectivity index (χ1n) is 9.84. The molecule has 2 aromatic carbocycles. The van der Waals surface area contributed by atoms with Gasteiger partial charge < -0.3 is 24.5 Å². The van der Waals surface area contributed by atoms with Crippen molar-refractivity contribution in [2.24, 2.45) is 0 Å². The molecule has 0 fully saturated rings. The summed E-state index contributed by atoms with van der Waals surface area (Å²) in [6.45, 7) is 0.0100. The van der Waals surface area contributed by atoms with Crippen LogP contribution in [0.1, 0.15) is 5.56 Å². The van der Waals surface area contributed by atoms with E-state index in [0.29, 0.717) is 28.5 Å². The molecule has 2 aromatic heterocycles. The number of nitrogens with one attached hydrogen (secondary N) is 2. The van der Waals surface area contributed by atoms with Crippen molar-refractivity contribution in [1.82, 2.24) is 9.78 Å². The van der Waals surface area contributed by atoms with Gasteiger partial charge in [0.1, 0.15) is 23.6 Å². The summed E-state index contributed by atoms with van der Waals surface area (Å²) in [7, 11) is 3.16. The smallest absolute Gasteiger partial charge is 0.246 e. The SMILES string of the molecule is COc1ccc(NC(=O)Cn2cc(NC(=O)Cc3coc4cc(OC)ccc34)cn2)cc1. The summed E-state index contributed by atoms with van der Waals surface area (Å²) in [5.41, 5.74) is 2.58. The van der Waals surface area contributed by atoms with E-state index < -0.39 is 0 Å². The van der Waals surface area contributed by atoms with Crippen molar-refractivity contribution in [2.45, 2.75) is 13.0 Å². The predicted molar refractivity (Wildman–Crippen MR) is 119 cm³/mol. The van der Waals surface area contributed by atoms with E-state index in [-0.39, 0.29) is 24.8 Å². The number of anilines is 2. The molecule has 0 spiro atoms. The maximum Gasteiger partial charge on any atom is 0.246 e. The van der Waals surface area contributed by atoms with E-state index in [4.69, 9.17) is 13.9 Å². The minimum Gasteiger partial charge on any atom is -0.497 e. The van der Waals surface area contributed by atoms with Crippen LogP contribution < -0.4 is 20.1 Å². The third kappa shape index (κ3) is 4.89. The third-order valence-corrected chi connectivity index (χ3v) is 4.81. The number of fused-ring (bicyclic) bond motifs is 1. The van der Waals surface area contributed by atoms with Gasteiger partial charge in [-0.2, -0.15) is 5.10 Å². The molecule has 164 valence electrons. The number of benzene rings is 2. The number of carbonyl (C=O) groups excluding carboxylic acids is 2. The highest BCUT2D eigenvalue weighted by Crippen LogP contribution is 2.26. The van der Waals surface area contributed by atoms with E-state index in [0.717, 1.165) is 10.9 Å². The summed E-state index contributed by atoms with van der Waals surface area (Å²) in [4.78, 5) is 24.7. The topological polar surface area (TPSA) is 108 Å². The first-order chi connectivity index (χ1) is 15.5. The molecule has 0 atom stereocenters. The minimum atomic E-state index is -0.239. The lowest BCUT2D eigenvalue weighted by Crippen LogP contribution is -2.19. The van der Waals surface area contributed by atoms with Crippen molar-refractivity contribution in [3.05, 3.63) is 66.7 Å². The molecule has 0 aliphatic rings. The van der Waals surface area contributed by atoms with E-state index in [1.807, 2.05) is 12.1 Å². The average Bonchev–Trinajstić information content (AvgIpc) is 3.40. The van der Waals surface area contributed by atoms with Gasteiger partial charge in [0.2, 0.25) is 11.8 Å². The monoisotopic (exact) mass is 434 g/mol. The molecule has 0 aliphatic carbocycles. The van der Waals surface area contributed by atoms with E-state index in [1.54, 1.807) is 57.0 Å². The Labute approximate surface area is 183 Å². The molecule has 0 unspecified atom stereocenters. The fourth-order valence-electron chi connectivity index (χ4n) is 3.24. The summed E-state index contributed by atoms with van der Waals surface area (Å²) in [6, 6.07) is 12.5. The number of furan rings is 1. The zero-order chi connectivity index (χ0) is 22.5. The van der Waals surface area contributed by atoms with Crippen molar-refractivity contribution in [3.63, 3.8) is 0 Å². The zero-order valence-corrected chi connectivity index (χ0v) is 17.6. The molecule has 9 heteroatoms. The molecule has 4 aromatic rings. The number of hydrogen-bond donors (Lipinski definition) is 2. The summed E-state index contributed by atoms with van der Waals surface area (Å²) in [5.74, 6) is 0.937. The van der Waals surface area contributed by atoms with Gasteiger partial charge in [0.25, 0.3) is 0 Å². The Hall–Kier alpha value is -4.27. The van der Waals surface area contributed by atoms with Crippen LogP contribution in [-0.4, -0.2) is 35.8 Å². The highest BCUT2D eigenvalue weighted by molar-refractivity contribution is 5.95. The van der Waals surface area contributed by atoms with Crippen LogP contribution in [0.5, 0.6) is 11.5 Å². The average molecular weight is 434 g/mol. The molecular formula is C23H22N4O5. The predicted octanol–water partition coefficient (Wildman–Crippen LogP) is 3.47. The van der Waals surface area contributed by atoms with Gasteiger partial charge in [0, 0.05) is 28.9 Å². The largest absolute Gasteiger partial charge is 0.497 e. The van der Waals surface area contributed by atoms with Crippen LogP contribution in [-0.2, 0) is 22.6 Å². The molecule has 9 nitrogen and oxygen atoms in total. The van der Waals surface area contributed by atoms with Crippen LogP contribution in [0, 0.1) is 0 Å². The first kappa shape index (κ1) is 21.0. The normalized spacial score (nSPS) is 10.7. The molecule has 4 rings (SSSR count). The van der Waals surface area contributed by atoms with Crippen LogP contribution in [0.15, 0.2) is 65.5 Å². The van der Waals surface area contributed by atoms with E-state index in [9.17, 15) is 9.59 Å². The number of amides is 2. The summed E-state index contributed by atoms with van der Waals surface area (Å²) >= 11 is 0. The second-order valence-corrected chi connectivity index (χ2v) is 7.05. The van der Waals surface area contributed by atoms with Gasteiger partial charge in [-0.1, -0.05) is 0 Å². The number of methoxy groups -OCH3 is 2. The Balaban J connectivity index is 1.32. The van der Waals surface area contributed by atoms with Gasteiger partial charge in [-0.25, -0.2) is 0 Å². The van der Waals surface area contributed by atoms with Gasteiger partial charge in [-0.3, -0.25) is 14.3 Å². The lowest BCUT2D eigenvalue weighted by atomic mass is 10.1. The van der Waals surface area contributed by atoms with Crippen LogP contribution in [0.2, 0.25) is 0 Å². The van der Waals surface area contributed by atoms with Crippen LogP contribution in [0.4, 0.5) is 11.4 Å². The standard InChI is InChI=1S/C23H22N4O5/c1-30-18-5-3-16(4-6-18)25-23(29)13-27-12-17(11-24-27)26-22(28)9-15-14-32-21-10-19(31-2)7-8-20(15)21/h3-8,10-12,14H,9,13H2,1-2H3,(H,25,29)(H,26,28). The molecular weight excluding hydrogens is 412 g/mol. The van der Waals surface area contributed by atoms with Gasteiger partial charge in [-0.05, 0) is 36.4 Å². The highest BCUT2D eigenvalue weighted by Gasteiger charge is 2.13. The number of ether oxygens (including phenoxy) is 2. The Morgan fingerprint density at radius 3 is 2.44 bits per heavy atom. The van der Waals surface area contributed by atoms with Crippen molar-refractivity contribution < 1.29 is 23.5 Å². The molecule has 0 radical (unpaired) electrons. The number of rotatable bonds is 8. The molecule has 0 saturated carbocycles. The second-order valence-electron chi connectivity index (χ2n) is 7.05. The number of aromatic nitrogens is 2. The Bertz CT molecular complexity index is 1240. The van der Waals surface area contributed by atoms with E-state index in [1.165, 1.54) is 10.9 Å². The first-order valence-corrected chi connectivity index (χ1v) is 9.84. The molecule has 2 amide bonds. The summed E-state index contributed by atoms with van der Waals surface area (Å²) in [6.07, 6.45) is 4.81. The van der Waals surface area contributed by atoms with Crippen LogP contribution >= 0.6 is 0 Å². The quantitative estimate of drug-likeness (QED) is 0.440. The lowest BCUT2D eigenvalue weighted by Gasteiger charge is -2.06. The molecule has 2 heterocycles. The lowest BCUT2D eigenvalue weighted by molar-refractivity contribution is -0.117. The maximum absolute atomic E-state index is 12.5. The molecule has 2 N–H and O–H groups in total. The van der Waals surface area contributed by atoms with Crippen molar-refractivity contribution in [1.29, 1.82) is 0 Å². The zero-order valence-electron chi connectivity index (χ0n) is 17.6. The van der Waals surface area contributed by atoms with Crippen LogP contribution in [0.25, 0.3) is 11.0 Å². The molecule has 0 saturated heterocycles. The van der Waals surface area contributed by atoms with E-state index >= 15 is 0 Å². The van der Waals surface area contributed by atoms with E-state index in [2.05, 4.69) is 15.7 Å². The fourth-order valence-corrected chi connectivity index (χ4v) is 3.24. The summed E-state index contributed by atoms with van der Waals surface area (Å²) < 4.78 is 17.3. The molecule has 0 bridgehead atoms. The van der Waals surface area contributed by atoms with Crippen molar-refractivity contribution in [3.8, 4) is 11.5 Å². The van der Waals surface area contributed by atoms with Crippen LogP contribution in [0.3, 0.4) is 0 Å². The number of hydrogen-bond acceptors (Lipinski definition) is 6. The van der Waals surface area contributed by atoms with Gasteiger partial charge in [0.05, 0.1) is 38.8 Å². The highest BCUT2D eigenvalue weighted by atomic mass is 16.5. The van der Waals surface area contributed by atoms with Crippen molar-refractivity contribution in [2.75, 3.05) is 24.9 Å². The fraction of sp³-hybridized carbons (Fsp3) is 0.174. The maximum atomic E-state index is 12.5. The summed E-state index contributed by atoms with van der Waals surface area (Å²) in [5, 5.41) is 10.6. The Kier molecular flexibility index (Phi) is 6.07. The van der Waals surface area contributed by atoms with Crippen molar-refractivity contribution >= 4 is 34.2 Å². The minimum absolute atomic E-state index is 0.0100. The van der Waals surface area contributed by atoms with Gasteiger partial charge in [-0.15, -0.1) is 0 Å². The Morgan fingerprint density at radius 1 is 0.969 bits per heavy atom. The third-order valence-electron chi connectivity index (χ3n) is 4.81. The number of nitrogens with zero attached hydrogens (tertiary/aromatic N) is 2. The Morgan fingerprint density at radius 2 is 1.69 bits per heavy atom. The molecule has 0 aliphatic heterocycles.